The first-order valence-electron chi connectivity index (χ1n) is 4.86. The Morgan fingerprint density at radius 1 is 1.50 bits per heavy atom. The molecule has 0 saturated heterocycles. The standard InChI is InChI=1S/C11H17NO2/c1-8(2)10(13)7-12-6-4-5-9(3)11(12)14/h4-6,8,10,13H,7H2,1-3H3. The topological polar surface area (TPSA) is 42.2 Å². The number of rotatable bonds is 3. The molecule has 0 spiro atoms. The Hall–Kier alpha value is -1.09. The van der Waals surface area contributed by atoms with Crippen LogP contribution in [0.4, 0.5) is 0 Å². The van der Waals surface area contributed by atoms with Crippen LogP contribution in [0.2, 0.25) is 0 Å². The third-order valence-electron chi connectivity index (χ3n) is 2.36. The zero-order chi connectivity index (χ0) is 10.7. The van der Waals surface area contributed by atoms with Gasteiger partial charge in [0.15, 0.2) is 0 Å². The van der Waals surface area contributed by atoms with Crippen LogP contribution in [0, 0.1) is 12.8 Å². The molecule has 1 unspecified atom stereocenters. The van der Waals surface area contributed by atoms with E-state index in [4.69, 9.17) is 0 Å². The van der Waals surface area contributed by atoms with Crippen molar-refractivity contribution in [3.05, 3.63) is 34.2 Å². The van der Waals surface area contributed by atoms with Crippen LogP contribution in [0.3, 0.4) is 0 Å². The minimum atomic E-state index is -0.463. The van der Waals surface area contributed by atoms with E-state index >= 15 is 0 Å². The third kappa shape index (κ3) is 2.45. The lowest BCUT2D eigenvalue weighted by atomic mass is 10.1. The van der Waals surface area contributed by atoms with Crippen molar-refractivity contribution in [2.24, 2.45) is 5.92 Å². The van der Waals surface area contributed by atoms with Crippen molar-refractivity contribution in [1.29, 1.82) is 0 Å². The molecule has 78 valence electrons. The lowest BCUT2D eigenvalue weighted by Gasteiger charge is -2.15. The highest BCUT2D eigenvalue weighted by Crippen LogP contribution is 2.03. The molecule has 0 saturated carbocycles. The van der Waals surface area contributed by atoms with E-state index in [-0.39, 0.29) is 11.5 Å². The Balaban J connectivity index is 2.87. The van der Waals surface area contributed by atoms with Crippen molar-refractivity contribution in [3.63, 3.8) is 0 Å². The molecule has 0 bridgehead atoms. The number of hydrogen-bond acceptors (Lipinski definition) is 2. The maximum Gasteiger partial charge on any atom is 0.253 e. The van der Waals surface area contributed by atoms with E-state index in [0.717, 1.165) is 0 Å². The van der Waals surface area contributed by atoms with E-state index in [1.165, 1.54) is 0 Å². The summed E-state index contributed by atoms with van der Waals surface area (Å²) in [6.45, 7) is 6.02. The van der Waals surface area contributed by atoms with Gasteiger partial charge in [0.25, 0.3) is 5.56 Å². The Morgan fingerprint density at radius 2 is 2.14 bits per heavy atom. The van der Waals surface area contributed by atoms with Gasteiger partial charge in [-0.2, -0.15) is 0 Å². The molecule has 1 aromatic rings. The summed E-state index contributed by atoms with van der Waals surface area (Å²) >= 11 is 0. The summed E-state index contributed by atoms with van der Waals surface area (Å²) in [5.41, 5.74) is 0.690. The molecule has 3 nitrogen and oxygen atoms in total. The zero-order valence-electron chi connectivity index (χ0n) is 8.90. The Labute approximate surface area is 84.0 Å². The van der Waals surface area contributed by atoms with Crippen molar-refractivity contribution in [2.75, 3.05) is 0 Å². The Kier molecular flexibility index (Phi) is 3.47. The molecule has 1 atom stereocenters. The van der Waals surface area contributed by atoms with E-state index in [1.807, 2.05) is 19.9 Å². The fourth-order valence-electron chi connectivity index (χ4n) is 1.21. The lowest BCUT2D eigenvalue weighted by molar-refractivity contribution is 0.106. The van der Waals surface area contributed by atoms with Gasteiger partial charge in [0.05, 0.1) is 12.6 Å². The number of hydrogen-bond donors (Lipinski definition) is 1. The third-order valence-corrected chi connectivity index (χ3v) is 2.36. The lowest BCUT2D eigenvalue weighted by Crippen LogP contribution is -2.29. The molecule has 1 aromatic heterocycles. The van der Waals surface area contributed by atoms with E-state index in [1.54, 1.807) is 23.8 Å². The first kappa shape index (κ1) is 11.0. The van der Waals surface area contributed by atoms with Gasteiger partial charge in [0.2, 0.25) is 0 Å². The fourth-order valence-corrected chi connectivity index (χ4v) is 1.21. The molecule has 0 amide bonds. The molecule has 0 aliphatic heterocycles. The normalized spacial score (nSPS) is 13.2. The minimum Gasteiger partial charge on any atom is -0.391 e. The van der Waals surface area contributed by atoms with Gasteiger partial charge in [-0.3, -0.25) is 4.79 Å². The van der Waals surface area contributed by atoms with Gasteiger partial charge in [-0.05, 0) is 18.9 Å². The van der Waals surface area contributed by atoms with E-state index in [0.29, 0.717) is 12.1 Å². The quantitative estimate of drug-likeness (QED) is 0.786. The average Bonchev–Trinajstić information content (AvgIpc) is 2.12. The van der Waals surface area contributed by atoms with Crippen molar-refractivity contribution in [1.82, 2.24) is 4.57 Å². The summed E-state index contributed by atoms with van der Waals surface area (Å²) in [4.78, 5) is 11.6. The molecule has 1 heterocycles. The van der Waals surface area contributed by atoms with Crippen molar-refractivity contribution in [2.45, 2.75) is 33.4 Å². The SMILES string of the molecule is Cc1cccn(CC(O)C(C)C)c1=O. The first-order chi connectivity index (χ1) is 6.52. The highest BCUT2D eigenvalue weighted by Gasteiger charge is 2.10. The fraction of sp³-hybridized carbons (Fsp3) is 0.545. The van der Waals surface area contributed by atoms with Crippen LogP contribution in [-0.2, 0) is 6.54 Å². The monoisotopic (exact) mass is 195 g/mol. The molecule has 0 fully saturated rings. The van der Waals surface area contributed by atoms with E-state index < -0.39 is 6.10 Å². The smallest absolute Gasteiger partial charge is 0.253 e. The molecule has 0 aliphatic rings. The molecule has 3 heteroatoms. The zero-order valence-corrected chi connectivity index (χ0v) is 8.90. The molecular weight excluding hydrogens is 178 g/mol. The van der Waals surface area contributed by atoms with Crippen LogP contribution in [0.1, 0.15) is 19.4 Å². The molecule has 1 rings (SSSR count). The highest BCUT2D eigenvalue weighted by atomic mass is 16.3. The van der Waals surface area contributed by atoms with Gasteiger partial charge < -0.3 is 9.67 Å². The number of aliphatic hydroxyl groups is 1. The van der Waals surface area contributed by atoms with Crippen molar-refractivity contribution in [3.8, 4) is 0 Å². The van der Waals surface area contributed by atoms with Crippen LogP contribution in [0.15, 0.2) is 23.1 Å². The highest BCUT2D eigenvalue weighted by molar-refractivity contribution is 5.07. The van der Waals surface area contributed by atoms with Gasteiger partial charge in [-0.25, -0.2) is 0 Å². The van der Waals surface area contributed by atoms with Crippen LogP contribution in [-0.4, -0.2) is 15.8 Å². The van der Waals surface area contributed by atoms with Crippen LogP contribution in [0.25, 0.3) is 0 Å². The summed E-state index contributed by atoms with van der Waals surface area (Å²) < 4.78 is 1.56. The Morgan fingerprint density at radius 3 is 2.71 bits per heavy atom. The summed E-state index contributed by atoms with van der Waals surface area (Å²) in [6.07, 6.45) is 1.25. The van der Waals surface area contributed by atoms with Gasteiger partial charge >= 0.3 is 0 Å². The van der Waals surface area contributed by atoms with Gasteiger partial charge in [-0.15, -0.1) is 0 Å². The average molecular weight is 195 g/mol. The van der Waals surface area contributed by atoms with E-state index in [2.05, 4.69) is 0 Å². The summed E-state index contributed by atoms with van der Waals surface area (Å²) in [7, 11) is 0. The largest absolute Gasteiger partial charge is 0.391 e. The maximum atomic E-state index is 11.6. The van der Waals surface area contributed by atoms with E-state index in [9.17, 15) is 9.90 Å². The van der Waals surface area contributed by atoms with Crippen LogP contribution in [0.5, 0.6) is 0 Å². The summed E-state index contributed by atoms with van der Waals surface area (Å²) in [6, 6.07) is 3.60. The molecule has 0 aliphatic carbocycles. The summed E-state index contributed by atoms with van der Waals surface area (Å²) in [5, 5.41) is 9.64. The maximum absolute atomic E-state index is 11.6. The number of aromatic nitrogens is 1. The second-order valence-corrected chi connectivity index (χ2v) is 3.96. The minimum absolute atomic E-state index is 0.0211. The Bertz CT molecular complexity index is 355. The second kappa shape index (κ2) is 4.42. The number of nitrogens with zero attached hydrogens (tertiary/aromatic N) is 1. The van der Waals surface area contributed by atoms with Gasteiger partial charge in [0, 0.05) is 11.8 Å². The molecule has 1 N–H and O–H groups in total. The first-order valence-corrected chi connectivity index (χ1v) is 4.86. The molecule has 0 aromatic carbocycles. The van der Waals surface area contributed by atoms with Gasteiger partial charge in [0.1, 0.15) is 0 Å². The van der Waals surface area contributed by atoms with Crippen LogP contribution >= 0.6 is 0 Å². The van der Waals surface area contributed by atoms with Gasteiger partial charge in [-0.1, -0.05) is 19.9 Å². The number of aliphatic hydroxyl groups excluding tert-OH is 1. The van der Waals surface area contributed by atoms with Crippen molar-refractivity contribution < 1.29 is 5.11 Å². The number of aryl methyl sites for hydroxylation is 1. The number of pyridine rings is 1. The second-order valence-electron chi connectivity index (χ2n) is 3.96. The van der Waals surface area contributed by atoms with Crippen LogP contribution < -0.4 is 5.56 Å². The van der Waals surface area contributed by atoms with Crippen molar-refractivity contribution >= 4 is 0 Å². The molecule has 0 radical (unpaired) electrons. The molecular formula is C11H17NO2. The summed E-state index contributed by atoms with van der Waals surface area (Å²) in [5.74, 6) is 0.169. The predicted molar refractivity (Wildman–Crippen MR) is 56.3 cm³/mol. The molecule has 14 heavy (non-hydrogen) atoms. The predicted octanol–water partition coefficient (Wildman–Crippen LogP) is 1.17.